The van der Waals surface area contributed by atoms with Crippen LogP contribution in [0.15, 0.2) is 47.8 Å². The third-order valence-electron chi connectivity index (χ3n) is 5.23. The maximum absolute atomic E-state index is 13.1. The Morgan fingerprint density at radius 3 is 2.45 bits per heavy atom. The first kappa shape index (κ1) is 19.8. The lowest BCUT2D eigenvalue weighted by atomic mass is 10.1. The van der Waals surface area contributed by atoms with Crippen LogP contribution in [-0.2, 0) is 0 Å². The molecule has 1 N–H and O–H groups in total. The highest BCUT2D eigenvalue weighted by atomic mass is 32.1. The Morgan fingerprint density at radius 1 is 1.03 bits per heavy atom. The van der Waals surface area contributed by atoms with E-state index in [0.717, 1.165) is 53.4 Å². The summed E-state index contributed by atoms with van der Waals surface area (Å²) < 4.78 is 13.1. The molecule has 1 aliphatic heterocycles. The van der Waals surface area contributed by atoms with Crippen LogP contribution in [0, 0.1) is 19.7 Å². The first-order valence-corrected chi connectivity index (χ1v) is 10.9. The van der Waals surface area contributed by atoms with E-state index in [9.17, 15) is 4.39 Å². The molecule has 0 bridgehead atoms. The van der Waals surface area contributed by atoms with Crippen molar-refractivity contribution in [1.29, 1.82) is 0 Å². The Balaban J connectivity index is 1.35. The molecule has 0 radical (unpaired) electrons. The number of piperazine rings is 1. The summed E-state index contributed by atoms with van der Waals surface area (Å²) in [6, 6.07) is 12.8. The van der Waals surface area contributed by atoms with Gasteiger partial charge in [0.05, 0.1) is 5.69 Å². The molecule has 0 spiro atoms. The fraction of sp³-hybridized carbons (Fsp3) is 0.273. The second-order valence-electron chi connectivity index (χ2n) is 7.23. The van der Waals surface area contributed by atoms with Crippen molar-refractivity contribution < 1.29 is 4.39 Å². The maximum Gasteiger partial charge on any atom is 0.185 e. The van der Waals surface area contributed by atoms with E-state index in [2.05, 4.69) is 47.2 Å². The number of hydrogen-bond donors (Lipinski definition) is 1. The molecule has 1 fully saturated rings. The fourth-order valence-electron chi connectivity index (χ4n) is 3.29. The minimum absolute atomic E-state index is 0.231. The monoisotopic (exact) mass is 426 g/mol. The minimum Gasteiger partial charge on any atom is -0.345 e. The lowest BCUT2D eigenvalue weighted by molar-refractivity contribution is 0.390. The molecule has 0 atom stereocenters. The van der Waals surface area contributed by atoms with Crippen molar-refractivity contribution in [3.8, 4) is 11.3 Å². The molecule has 0 saturated carbocycles. The highest BCUT2D eigenvalue weighted by Gasteiger charge is 2.21. The summed E-state index contributed by atoms with van der Waals surface area (Å²) in [6.07, 6.45) is 0. The van der Waals surface area contributed by atoms with Gasteiger partial charge in [-0.15, -0.1) is 11.3 Å². The predicted octanol–water partition coefficient (Wildman–Crippen LogP) is 5.09. The van der Waals surface area contributed by atoms with Gasteiger partial charge in [0.15, 0.2) is 10.2 Å². The Labute approximate surface area is 180 Å². The standard InChI is InChI=1S/C22H23FN4S2/c1-15-3-8-19(13-16(15)2)24-21(28)26-9-11-27(12-10-26)22-25-20(14-29-22)17-4-6-18(23)7-5-17/h3-8,13-14H,9-12H2,1-2H3,(H,24,28). The predicted molar refractivity (Wildman–Crippen MR) is 123 cm³/mol. The van der Waals surface area contributed by atoms with Gasteiger partial charge in [0, 0.05) is 42.8 Å². The minimum atomic E-state index is -0.231. The molecular formula is C22H23FN4S2. The van der Waals surface area contributed by atoms with E-state index in [1.807, 2.05) is 5.38 Å². The average molecular weight is 427 g/mol. The molecule has 0 amide bonds. The van der Waals surface area contributed by atoms with E-state index in [1.165, 1.54) is 23.3 Å². The van der Waals surface area contributed by atoms with Crippen molar-refractivity contribution in [1.82, 2.24) is 9.88 Å². The van der Waals surface area contributed by atoms with E-state index in [0.29, 0.717) is 0 Å². The van der Waals surface area contributed by atoms with Gasteiger partial charge in [0.1, 0.15) is 5.82 Å². The number of nitrogens with zero attached hydrogens (tertiary/aromatic N) is 3. The van der Waals surface area contributed by atoms with Gasteiger partial charge in [0.2, 0.25) is 0 Å². The number of anilines is 2. The number of aryl methyl sites for hydroxylation is 2. The number of aromatic nitrogens is 1. The Kier molecular flexibility index (Phi) is 5.78. The van der Waals surface area contributed by atoms with Gasteiger partial charge < -0.3 is 15.1 Å². The van der Waals surface area contributed by atoms with Crippen LogP contribution in [0.5, 0.6) is 0 Å². The molecule has 1 aromatic heterocycles. The molecule has 2 heterocycles. The Hall–Kier alpha value is -2.51. The summed E-state index contributed by atoms with van der Waals surface area (Å²) in [7, 11) is 0. The summed E-state index contributed by atoms with van der Waals surface area (Å²) in [5.41, 5.74) is 5.39. The first-order chi connectivity index (χ1) is 14.0. The van der Waals surface area contributed by atoms with Gasteiger partial charge in [0.25, 0.3) is 0 Å². The molecule has 0 aliphatic carbocycles. The van der Waals surface area contributed by atoms with E-state index in [4.69, 9.17) is 17.2 Å². The quantitative estimate of drug-likeness (QED) is 0.590. The molecule has 1 aliphatic rings. The van der Waals surface area contributed by atoms with Crippen molar-refractivity contribution in [3.05, 3.63) is 64.8 Å². The fourth-order valence-corrected chi connectivity index (χ4v) is 4.47. The number of hydrogen-bond acceptors (Lipinski definition) is 4. The van der Waals surface area contributed by atoms with Crippen LogP contribution >= 0.6 is 23.6 Å². The van der Waals surface area contributed by atoms with Crippen molar-refractivity contribution >= 4 is 39.5 Å². The summed E-state index contributed by atoms with van der Waals surface area (Å²) in [6.45, 7) is 7.65. The molecule has 3 aromatic rings. The zero-order chi connectivity index (χ0) is 20.4. The molecule has 150 valence electrons. The Bertz CT molecular complexity index is 1010. The van der Waals surface area contributed by atoms with Gasteiger partial charge in [-0.3, -0.25) is 0 Å². The van der Waals surface area contributed by atoms with Crippen LogP contribution in [-0.4, -0.2) is 41.2 Å². The third-order valence-corrected chi connectivity index (χ3v) is 6.49. The van der Waals surface area contributed by atoms with E-state index < -0.39 is 0 Å². The zero-order valence-corrected chi connectivity index (χ0v) is 18.1. The van der Waals surface area contributed by atoms with Gasteiger partial charge >= 0.3 is 0 Å². The van der Waals surface area contributed by atoms with Crippen molar-refractivity contribution in [3.63, 3.8) is 0 Å². The Morgan fingerprint density at radius 2 is 1.76 bits per heavy atom. The van der Waals surface area contributed by atoms with E-state index in [-0.39, 0.29) is 5.82 Å². The average Bonchev–Trinajstić information content (AvgIpc) is 3.21. The van der Waals surface area contributed by atoms with Crippen LogP contribution in [0.1, 0.15) is 11.1 Å². The molecular weight excluding hydrogens is 403 g/mol. The van der Waals surface area contributed by atoms with Crippen molar-refractivity contribution in [2.75, 3.05) is 36.4 Å². The molecule has 0 unspecified atom stereocenters. The van der Waals surface area contributed by atoms with Crippen LogP contribution in [0.2, 0.25) is 0 Å². The normalized spacial score (nSPS) is 14.2. The lowest BCUT2D eigenvalue weighted by Gasteiger charge is -2.36. The summed E-state index contributed by atoms with van der Waals surface area (Å²) in [4.78, 5) is 9.23. The van der Waals surface area contributed by atoms with Gasteiger partial charge in [-0.1, -0.05) is 6.07 Å². The molecule has 29 heavy (non-hydrogen) atoms. The topological polar surface area (TPSA) is 31.4 Å². The number of benzene rings is 2. The lowest BCUT2D eigenvalue weighted by Crippen LogP contribution is -2.50. The second kappa shape index (κ2) is 8.47. The molecule has 4 rings (SSSR count). The van der Waals surface area contributed by atoms with Gasteiger partial charge in [-0.2, -0.15) is 0 Å². The van der Waals surface area contributed by atoms with Crippen LogP contribution in [0.25, 0.3) is 11.3 Å². The van der Waals surface area contributed by atoms with Crippen LogP contribution in [0.4, 0.5) is 15.2 Å². The number of thiocarbonyl (C=S) groups is 1. The van der Waals surface area contributed by atoms with Crippen molar-refractivity contribution in [2.24, 2.45) is 0 Å². The van der Waals surface area contributed by atoms with E-state index in [1.54, 1.807) is 23.5 Å². The second-order valence-corrected chi connectivity index (χ2v) is 8.45. The highest BCUT2D eigenvalue weighted by Crippen LogP contribution is 2.28. The van der Waals surface area contributed by atoms with Gasteiger partial charge in [-0.05, 0) is 73.6 Å². The smallest absolute Gasteiger partial charge is 0.185 e. The number of thiazole rings is 1. The summed E-state index contributed by atoms with van der Waals surface area (Å²) in [5.74, 6) is -0.231. The van der Waals surface area contributed by atoms with Crippen molar-refractivity contribution in [2.45, 2.75) is 13.8 Å². The summed E-state index contributed by atoms with van der Waals surface area (Å²) >= 11 is 7.24. The highest BCUT2D eigenvalue weighted by molar-refractivity contribution is 7.80. The van der Waals surface area contributed by atoms with Crippen LogP contribution < -0.4 is 10.2 Å². The molecule has 2 aromatic carbocycles. The molecule has 7 heteroatoms. The molecule has 1 saturated heterocycles. The zero-order valence-electron chi connectivity index (χ0n) is 16.5. The third kappa shape index (κ3) is 4.57. The number of rotatable bonds is 3. The number of nitrogens with one attached hydrogen (secondary N) is 1. The molecule has 4 nitrogen and oxygen atoms in total. The van der Waals surface area contributed by atoms with E-state index >= 15 is 0 Å². The maximum atomic E-state index is 13.1. The first-order valence-electron chi connectivity index (χ1n) is 9.59. The van der Waals surface area contributed by atoms with Crippen LogP contribution in [0.3, 0.4) is 0 Å². The largest absolute Gasteiger partial charge is 0.345 e. The summed E-state index contributed by atoms with van der Waals surface area (Å²) in [5, 5.41) is 7.15. The SMILES string of the molecule is Cc1ccc(NC(=S)N2CCN(c3nc(-c4ccc(F)cc4)cs3)CC2)cc1C. The van der Waals surface area contributed by atoms with Gasteiger partial charge in [-0.25, -0.2) is 9.37 Å². The number of halogens is 1.